The van der Waals surface area contributed by atoms with E-state index in [1.165, 1.54) is 25.6 Å². The summed E-state index contributed by atoms with van der Waals surface area (Å²) in [6, 6.07) is 2.28. The van der Waals surface area contributed by atoms with Crippen LogP contribution in [0.3, 0.4) is 0 Å². The Hall–Kier alpha value is -2.24. The highest BCUT2D eigenvalue weighted by atomic mass is 16.1. The Bertz CT molecular complexity index is 873. The van der Waals surface area contributed by atoms with E-state index in [1.54, 1.807) is 4.52 Å². The highest BCUT2D eigenvalue weighted by Gasteiger charge is 2.19. The Morgan fingerprint density at radius 2 is 2.05 bits per heavy atom. The number of pyridine rings is 1. The minimum absolute atomic E-state index is 0.0433. The SMILES string of the molecule is Cc1nc2ncnn2c2ccn(C3CCCCC3)c(=O)c12. The van der Waals surface area contributed by atoms with Crippen LogP contribution in [0.1, 0.15) is 43.8 Å². The number of aromatic nitrogens is 5. The van der Waals surface area contributed by atoms with Crippen molar-refractivity contribution in [2.24, 2.45) is 0 Å². The lowest BCUT2D eigenvalue weighted by atomic mass is 9.95. The summed E-state index contributed by atoms with van der Waals surface area (Å²) in [5.74, 6) is 0.537. The molecule has 3 heterocycles. The maximum absolute atomic E-state index is 12.9. The second-order valence-corrected chi connectivity index (χ2v) is 5.75. The van der Waals surface area contributed by atoms with E-state index in [0.717, 1.165) is 24.1 Å². The number of hydrogen-bond acceptors (Lipinski definition) is 4. The summed E-state index contributed by atoms with van der Waals surface area (Å²) in [6.07, 6.45) is 9.23. The first-order valence-electron chi connectivity index (χ1n) is 7.47. The lowest BCUT2D eigenvalue weighted by Crippen LogP contribution is -2.27. The van der Waals surface area contributed by atoms with Gasteiger partial charge in [-0.15, -0.1) is 0 Å². The van der Waals surface area contributed by atoms with Crippen LogP contribution in [0, 0.1) is 6.92 Å². The minimum Gasteiger partial charge on any atom is -0.312 e. The Labute approximate surface area is 121 Å². The molecule has 0 amide bonds. The molecular formula is C15H17N5O. The Balaban J connectivity index is 2.00. The zero-order valence-corrected chi connectivity index (χ0v) is 12.0. The van der Waals surface area contributed by atoms with Gasteiger partial charge in [0.15, 0.2) is 0 Å². The van der Waals surface area contributed by atoms with Crippen molar-refractivity contribution in [2.45, 2.75) is 45.1 Å². The molecule has 3 aromatic rings. The highest BCUT2D eigenvalue weighted by molar-refractivity contribution is 5.81. The Morgan fingerprint density at radius 3 is 2.86 bits per heavy atom. The maximum Gasteiger partial charge on any atom is 0.262 e. The molecule has 0 bridgehead atoms. The van der Waals surface area contributed by atoms with Crippen LogP contribution in [-0.2, 0) is 0 Å². The van der Waals surface area contributed by atoms with Crippen molar-refractivity contribution in [3.8, 4) is 0 Å². The third kappa shape index (κ3) is 1.86. The van der Waals surface area contributed by atoms with Crippen molar-refractivity contribution >= 4 is 16.7 Å². The van der Waals surface area contributed by atoms with Crippen LogP contribution >= 0.6 is 0 Å². The molecular weight excluding hydrogens is 266 g/mol. The fourth-order valence-electron chi connectivity index (χ4n) is 3.39. The Kier molecular flexibility index (Phi) is 2.77. The van der Waals surface area contributed by atoms with Crippen molar-refractivity contribution < 1.29 is 0 Å². The molecule has 0 spiro atoms. The van der Waals surface area contributed by atoms with Gasteiger partial charge in [0.1, 0.15) is 6.33 Å². The monoisotopic (exact) mass is 283 g/mol. The van der Waals surface area contributed by atoms with E-state index < -0.39 is 0 Å². The fraction of sp³-hybridized carbons (Fsp3) is 0.467. The van der Waals surface area contributed by atoms with Gasteiger partial charge in [-0.3, -0.25) is 4.79 Å². The molecule has 1 saturated carbocycles. The fourth-order valence-corrected chi connectivity index (χ4v) is 3.39. The predicted molar refractivity (Wildman–Crippen MR) is 79.4 cm³/mol. The van der Waals surface area contributed by atoms with E-state index in [1.807, 2.05) is 23.8 Å². The first-order valence-corrected chi connectivity index (χ1v) is 7.47. The average Bonchev–Trinajstić information content (AvgIpc) is 2.96. The van der Waals surface area contributed by atoms with Gasteiger partial charge in [-0.1, -0.05) is 19.3 Å². The summed E-state index contributed by atoms with van der Waals surface area (Å²) < 4.78 is 3.52. The summed E-state index contributed by atoms with van der Waals surface area (Å²) in [5.41, 5.74) is 1.55. The van der Waals surface area contributed by atoms with Crippen LogP contribution in [0.5, 0.6) is 0 Å². The number of fused-ring (bicyclic) bond motifs is 3. The third-order valence-corrected chi connectivity index (χ3v) is 4.45. The molecule has 0 aliphatic heterocycles. The van der Waals surface area contributed by atoms with Crippen LogP contribution < -0.4 is 5.56 Å². The van der Waals surface area contributed by atoms with Gasteiger partial charge in [0, 0.05) is 12.2 Å². The molecule has 1 aliphatic carbocycles. The van der Waals surface area contributed by atoms with Gasteiger partial charge in [-0.25, -0.2) is 4.98 Å². The number of rotatable bonds is 1. The molecule has 108 valence electrons. The van der Waals surface area contributed by atoms with E-state index in [0.29, 0.717) is 17.2 Å². The Morgan fingerprint density at radius 1 is 1.24 bits per heavy atom. The van der Waals surface area contributed by atoms with Crippen LogP contribution in [0.15, 0.2) is 23.4 Å². The lowest BCUT2D eigenvalue weighted by molar-refractivity contribution is 0.347. The molecule has 0 N–H and O–H groups in total. The number of nitrogens with zero attached hydrogens (tertiary/aromatic N) is 5. The van der Waals surface area contributed by atoms with Gasteiger partial charge < -0.3 is 4.57 Å². The lowest BCUT2D eigenvalue weighted by Gasteiger charge is -2.24. The molecule has 0 unspecified atom stereocenters. The van der Waals surface area contributed by atoms with Crippen LogP contribution in [0.4, 0.5) is 0 Å². The molecule has 1 fully saturated rings. The predicted octanol–water partition coefficient (Wildman–Crippen LogP) is 2.25. The van der Waals surface area contributed by atoms with Gasteiger partial charge in [0.2, 0.25) is 0 Å². The molecule has 6 nitrogen and oxygen atoms in total. The van der Waals surface area contributed by atoms with Crippen molar-refractivity contribution in [1.29, 1.82) is 0 Å². The molecule has 21 heavy (non-hydrogen) atoms. The first-order chi connectivity index (χ1) is 10.3. The quantitative estimate of drug-likeness (QED) is 0.687. The van der Waals surface area contributed by atoms with Crippen molar-refractivity contribution in [3.05, 3.63) is 34.6 Å². The molecule has 6 heteroatoms. The summed E-state index contributed by atoms with van der Waals surface area (Å²) in [4.78, 5) is 21.4. The first kappa shape index (κ1) is 12.5. The van der Waals surface area contributed by atoms with Crippen molar-refractivity contribution in [3.63, 3.8) is 0 Å². The van der Waals surface area contributed by atoms with Gasteiger partial charge in [-0.05, 0) is 25.8 Å². The maximum atomic E-state index is 12.9. The van der Waals surface area contributed by atoms with Gasteiger partial charge in [0.05, 0.1) is 16.6 Å². The summed E-state index contributed by atoms with van der Waals surface area (Å²) in [6.45, 7) is 1.86. The highest BCUT2D eigenvalue weighted by Crippen LogP contribution is 2.27. The van der Waals surface area contributed by atoms with Gasteiger partial charge in [-0.2, -0.15) is 14.6 Å². The van der Waals surface area contributed by atoms with E-state index in [-0.39, 0.29) is 5.56 Å². The molecule has 1 aliphatic rings. The number of aryl methyl sites for hydroxylation is 1. The molecule has 4 rings (SSSR count). The summed E-state index contributed by atoms with van der Waals surface area (Å²) in [7, 11) is 0. The largest absolute Gasteiger partial charge is 0.312 e. The van der Waals surface area contributed by atoms with E-state index >= 15 is 0 Å². The zero-order chi connectivity index (χ0) is 14.4. The minimum atomic E-state index is 0.0433. The van der Waals surface area contributed by atoms with E-state index in [4.69, 9.17) is 0 Å². The van der Waals surface area contributed by atoms with E-state index in [2.05, 4.69) is 15.1 Å². The zero-order valence-electron chi connectivity index (χ0n) is 12.0. The van der Waals surface area contributed by atoms with E-state index in [9.17, 15) is 4.79 Å². The summed E-state index contributed by atoms with van der Waals surface area (Å²) in [5, 5.41) is 4.82. The van der Waals surface area contributed by atoms with Crippen molar-refractivity contribution in [1.82, 2.24) is 24.1 Å². The standard InChI is InChI=1S/C15H17N5O/c1-10-13-12(20-15(18-10)16-9-17-20)7-8-19(14(13)21)11-5-3-2-4-6-11/h7-9,11H,2-6H2,1H3. The van der Waals surface area contributed by atoms with Crippen LogP contribution in [-0.4, -0.2) is 24.1 Å². The molecule has 3 aromatic heterocycles. The van der Waals surface area contributed by atoms with Crippen LogP contribution in [0.2, 0.25) is 0 Å². The van der Waals surface area contributed by atoms with Crippen molar-refractivity contribution in [2.75, 3.05) is 0 Å². The second-order valence-electron chi connectivity index (χ2n) is 5.75. The smallest absolute Gasteiger partial charge is 0.262 e. The normalized spacial score (nSPS) is 16.8. The molecule has 0 atom stereocenters. The number of hydrogen-bond donors (Lipinski definition) is 0. The average molecular weight is 283 g/mol. The van der Waals surface area contributed by atoms with Gasteiger partial charge >= 0.3 is 0 Å². The third-order valence-electron chi connectivity index (χ3n) is 4.45. The summed E-state index contributed by atoms with van der Waals surface area (Å²) >= 11 is 0. The van der Waals surface area contributed by atoms with Crippen LogP contribution in [0.25, 0.3) is 16.7 Å². The van der Waals surface area contributed by atoms with Gasteiger partial charge in [0.25, 0.3) is 11.3 Å². The topological polar surface area (TPSA) is 65.1 Å². The molecule has 0 aromatic carbocycles. The molecule has 0 radical (unpaired) electrons. The molecule has 0 saturated heterocycles. The second kappa shape index (κ2) is 4.65.